The summed E-state index contributed by atoms with van der Waals surface area (Å²) in [4.78, 5) is 0. The van der Waals surface area contributed by atoms with E-state index in [1.807, 2.05) is 0 Å². The fourth-order valence-electron chi connectivity index (χ4n) is 0.918. The van der Waals surface area contributed by atoms with Crippen molar-refractivity contribution in [3.8, 4) is 0 Å². The van der Waals surface area contributed by atoms with Gasteiger partial charge in [0, 0.05) is 0 Å². The molecule has 1 saturated heterocycles. The molecule has 0 aromatic carbocycles. The van der Waals surface area contributed by atoms with E-state index in [4.69, 9.17) is 21.1 Å². The second-order valence-electron chi connectivity index (χ2n) is 2.32. The molecule has 1 rings (SSSR count). The van der Waals surface area contributed by atoms with Crippen LogP contribution in [0.5, 0.6) is 0 Å². The Morgan fingerprint density at radius 3 is 2.20 bits per heavy atom. The molecule has 0 aliphatic carbocycles. The third-order valence-corrected chi connectivity index (χ3v) is 1.60. The van der Waals surface area contributed by atoms with Crippen LogP contribution >= 0.6 is 0 Å². The Labute approximate surface area is 58.0 Å². The monoisotopic (exact) mass is 149 g/mol. The first-order chi connectivity index (χ1) is 4.66. The fourth-order valence-corrected chi connectivity index (χ4v) is 0.918. The Morgan fingerprint density at radius 2 is 2.00 bits per heavy atom. The lowest BCUT2D eigenvalue weighted by atomic mass is 10.1. The average molecular weight is 149 g/mol. The van der Waals surface area contributed by atoms with Crippen LogP contribution in [0.25, 0.3) is 0 Å². The van der Waals surface area contributed by atoms with Gasteiger partial charge in [-0.2, -0.15) is 0 Å². The first-order valence-electron chi connectivity index (χ1n) is 3.05. The summed E-state index contributed by atoms with van der Waals surface area (Å²) in [6, 6.07) is -0.808. The van der Waals surface area contributed by atoms with Crippen LogP contribution in [0.3, 0.4) is 0 Å². The minimum absolute atomic E-state index is 0.327. The Hall–Kier alpha value is -0.200. The van der Waals surface area contributed by atoms with Gasteiger partial charge in [0.05, 0.1) is 12.6 Å². The van der Waals surface area contributed by atoms with Crippen molar-refractivity contribution >= 4 is 0 Å². The summed E-state index contributed by atoms with van der Waals surface area (Å²) < 4.78 is 4.67. The first-order valence-corrected chi connectivity index (χ1v) is 3.05. The lowest BCUT2D eigenvalue weighted by molar-refractivity contribution is -0.110. The van der Waals surface area contributed by atoms with Gasteiger partial charge in [-0.1, -0.05) is 0 Å². The van der Waals surface area contributed by atoms with E-state index in [-0.39, 0.29) is 6.61 Å². The summed E-state index contributed by atoms with van der Waals surface area (Å²) in [5.74, 6) is 0. The number of ether oxygens (including phenoxy) is 1. The molecule has 60 valence electrons. The van der Waals surface area contributed by atoms with Crippen molar-refractivity contribution in [2.75, 3.05) is 6.61 Å². The van der Waals surface area contributed by atoms with E-state index in [0.29, 0.717) is 0 Å². The Kier molecular flexibility index (Phi) is 2.22. The van der Waals surface area contributed by atoms with Crippen molar-refractivity contribution in [1.82, 2.24) is 0 Å². The van der Waals surface area contributed by atoms with Crippen LogP contribution in [0, 0.1) is 0 Å². The van der Waals surface area contributed by atoms with Gasteiger partial charge in [-0.25, -0.2) is 0 Å². The van der Waals surface area contributed by atoms with Crippen LogP contribution in [0.2, 0.25) is 0 Å². The van der Waals surface area contributed by atoms with Gasteiger partial charge in [-0.15, -0.1) is 0 Å². The molecule has 1 fully saturated rings. The quantitative estimate of drug-likeness (QED) is 0.327. The predicted octanol–water partition coefficient (Wildman–Crippen LogP) is -2.62. The summed E-state index contributed by atoms with van der Waals surface area (Å²) in [6.45, 7) is -0.327. The predicted molar refractivity (Wildman–Crippen MR) is 31.9 cm³/mol. The van der Waals surface area contributed by atoms with Crippen LogP contribution in [-0.2, 0) is 4.74 Å². The average Bonchev–Trinajstić information content (AvgIpc) is 2.17. The highest BCUT2D eigenvalue weighted by Crippen LogP contribution is 2.16. The Morgan fingerprint density at radius 1 is 1.40 bits per heavy atom. The molecule has 0 aromatic rings. The van der Waals surface area contributed by atoms with E-state index >= 15 is 0 Å². The van der Waals surface area contributed by atoms with E-state index in [1.54, 1.807) is 0 Å². The molecule has 0 amide bonds. The maximum Gasteiger partial charge on any atom is 0.172 e. The highest BCUT2D eigenvalue weighted by atomic mass is 16.6. The van der Waals surface area contributed by atoms with Gasteiger partial charge in [0.25, 0.3) is 0 Å². The molecule has 1 aliphatic rings. The standard InChI is InChI=1S/C5H11NO4/c6-3-4(8)2(1-7)10-5(3)9/h2-5,7-9H,1,6H2/t2-,3+,4+,5?/m1/s1. The van der Waals surface area contributed by atoms with Gasteiger partial charge in [0.2, 0.25) is 0 Å². The zero-order valence-corrected chi connectivity index (χ0v) is 5.34. The molecule has 1 aliphatic heterocycles. The van der Waals surface area contributed by atoms with Gasteiger partial charge in [-0.3, -0.25) is 0 Å². The van der Waals surface area contributed by atoms with Crippen molar-refractivity contribution < 1.29 is 20.1 Å². The molecule has 0 saturated carbocycles. The molecule has 10 heavy (non-hydrogen) atoms. The number of aliphatic hydroxyl groups is 3. The molecular formula is C5H11NO4. The Balaban J connectivity index is 2.53. The highest BCUT2D eigenvalue weighted by Gasteiger charge is 2.39. The molecule has 1 heterocycles. The Bertz CT molecular complexity index is 120. The van der Waals surface area contributed by atoms with Crippen molar-refractivity contribution in [3.05, 3.63) is 0 Å². The van der Waals surface area contributed by atoms with Crippen molar-refractivity contribution in [2.24, 2.45) is 5.73 Å². The molecule has 5 heteroatoms. The number of hydrogen-bond acceptors (Lipinski definition) is 5. The molecule has 0 radical (unpaired) electrons. The van der Waals surface area contributed by atoms with Crippen molar-refractivity contribution in [2.45, 2.75) is 24.5 Å². The zero-order chi connectivity index (χ0) is 7.72. The summed E-state index contributed by atoms with van der Waals surface area (Å²) in [5.41, 5.74) is 5.25. The first kappa shape index (κ1) is 7.90. The second-order valence-corrected chi connectivity index (χ2v) is 2.32. The zero-order valence-electron chi connectivity index (χ0n) is 5.34. The van der Waals surface area contributed by atoms with Gasteiger partial charge in [0.15, 0.2) is 6.29 Å². The smallest absolute Gasteiger partial charge is 0.172 e. The maximum absolute atomic E-state index is 9.06. The minimum Gasteiger partial charge on any atom is -0.394 e. The number of rotatable bonds is 1. The largest absolute Gasteiger partial charge is 0.394 e. The molecule has 0 bridgehead atoms. The van der Waals surface area contributed by atoms with Crippen LogP contribution in [0.15, 0.2) is 0 Å². The van der Waals surface area contributed by atoms with E-state index in [2.05, 4.69) is 4.74 Å². The maximum atomic E-state index is 9.06. The molecule has 0 spiro atoms. The topological polar surface area (TPSA) is 95.9 Å². The normalized spacial score (nSPS) is 48.0. The fraction of sp³-hybridized carbons (Fsp3) is 1.00. The van der Waals surface area contributed by atoms with Gasteiger partial charge in [-0.05, 0) is 0 Å². The number of hydrogen-bond donors (Lipinski definition) is 4. The third-order valence-electron chi connectivity index (χ3n) is 1.60. The number of aliphatic hydroxyl groups excluding tert-OH is 3. The van der Waals surface area contributed by atoms with Crippen molar-refractivity contribution in [1.29, 1.82) is 0 Å². The van der Waals surface area contributed by atoms with Crippen LogP contribution in [0.1, 0.15) is 0 Å². The molecule has 4 atom stereocenters. The van der Waals surface area contributed by atoms with Gasteiger partial charge < -0.3 is 25.8 Å². The van der Waals surface area contributed by atoms with Crippen LogP contribution in [0.4, 0.5) is 0 Å². The van der Waals surface area contributed by atoms with Gasteiger partial charge >= 0.3 is 0 Å². The molecule has 5 N–H and O–H groups in total. The number of nitrogens with two attached hydrogens (primary N) is 1. The van der Waals surface area contributed by atoms with Crippen LogP contribution in [-0.4, -0.2) is 46.5 Å². The third kappa shape index (κ3) is 1.14. The molecule has 1 unspecified atom stereocenters. The van der Waals surface area contributed by atoms with E-state index in [1.165, 1.54) is 0 Å². The van der Waals surface area contributed by atoms with Crippen molar-refractivity contribution in [3.63, 3.8) is 0 Å². The summed E-state index contributed by atoms with van der Waals surface area (Å²) in [6.07, 6.45) is -2.88. The second kappa shape index (κ2) is 2.81. The summed E-state index contributed by atoms with van der Waals surface area (Å²) in [7, 11) is 0. The lowest BCUT2D eigenvalue weighted by Gasteiger charge is -2.10. The minimum atomic E-state index is -1.16. The van der Waals surface area contributed by atoms with E-state index < -0.39 is 24.5 Å². The lowest BCUT2D eigenvalue weighted by Crippen LogP contribution is -2.40. The highest BCUT2D eigenvalue weighted by molar-refractivity contribution is 4.88. The molecule has 5 nitrogen and oxygen atoms in total. The van der Waals surface area contributed by atoms with Crippen LogP contribution < -0.4 is 5.73 Å². The van der Waals surface area contributed by atoms with Gasteiger partial charge in [0.1, 0.15) is 12.2 Å². The van der Waals surface area contributed by atoms with E-state index in [0.717, 1.165) is 0 Å². The molecular weight excluding hydrogens is 138 g/mol. The van der Waals surface area contributed by atoms with E-state index in [9.17, 15) is 0 Å². The summed E-state index contributed by atoms with van der Waals surface area (Å²) >= 11 is 0. The SMILES string of the molecule is N[C@@H]1C(O)O[C@H](CO)[C@@H]1O. The summed E-state index contributed by atoms with van der Waals surface area (Å²) in [5, 5.41) is 26.4. The molecule has 0 aromatic heterocycles.